The van der Waals surface area contributed by atoms with Crippen LogP contribution in [0.15, 0.2) is 22.7 Å². The van der Waals surface area contributed by atoms with Crippen molar-refractivity contribution in [1.82, 2.24) is 10.2 Å². The fraction of sp³-hybridized carbons (Fsp3) is 0.625. The van der Waals surface area contributed by atoms with Crippen LogP contribution in [0.5, 0.6) is 0 Å². The van der Waals surface area contributed by atoms with Crippen LogP contribution in [0.4, 0.5) is 0 Å². The summed E-state index contributed by atoms with van der Waals surface area (Å²) >= 11 is 9.78. The molecule has 0 aromatic heterocycles. The van der Waals surface area contributed by atoms with Gasteiger partial charge in [-0.25, -0.2) is 0 Å². The van der Waals surface area contributed by atoms with Crippen molar-refractivity contribution in [2.45, 2.75) is 32.7 Å². The molecule has 1 aliphatic heterocycles. The molecule has 6 heteroatoms. The summed E-state index contributed by atoms with van der Waals surface area (Å²) in [6.45, 7) is 9.01. The summed E-state index contributed by atoms with van der Waals surface area (Å²) in [5.74, 6) is 0.742. The van der Waals surface area contributed by atoms with Crippen molar-refractivity contribution in [1.29, 1.82) is 0 Å². The highest BCUT2D eigenvalue weighted by Crippen LogP contribution is 2.34. The van der Waals surface area contributed by atoms with Gasteiger partial charge in [-0.15, -0.1) is 24.8 Å². The third kappa shape index (κ3) is 6.54. The monoisotopic (exact) mass is 430 g/mol. The number of nitrogens with zero attached hydrogens (tertiary/aromatic N) is 1. The molecule has 1 aromatic rings. The molecule has 128 valence electrons. The lowest BCUT2D eigenvalue weighted by molar-refractivity contribution is 0.159. The minimum atomic E-state index is 0. The molecule has 0 saturated carbocycles. The first-order valence-corrected chi connectivity index (χ1v) is 8.64. The van der Waals surface area contributed by atoms with Gasteiger partial charge in [0.2, 0.25) is 0 Å². The van der Waals surface area contributed by atoms with Crippen molar-refractivity contribution in [3.63, 3.8) is 0 Å². The van der Waals surface area contributed by atoms with Crippen LogP contribution >= 0.6 is 52.3 Å². The molecule has 2 nitrogen and oxygen atoms in total. The molecule has 1 N–H and O–H groups in total. The van der Waals surface area contributed by atoms with E-state index < -0.39 is 0 Å². The van der Waals surface area contributed by atoms with Gasteiger partial charge in [-0.2, -0.15) is 0 Å². The zero-order chi connectivity index (χ0) is 14.5. The first kappa shape index (κ1) is 22.5. The van der Waals surface area contributed by atoms with E-state index in [9.17, 15) is 0 Å². The van der Waals surface area contributed by atoms with E-state index in [1.165, 1.54) is 18.4 Å². The van der Waals surface area contributed by atoms with Gasteiger partial charge in [0.1, 0.15) is 0 Å². The van der Waals surface area contributed by atoms with Crippen LogP contribution in [0.3, 0.4) is 0 Å². The Hall–Kier alpha value is 0.490. The van der Waals surface area contributed by atoms with Gasteiger partial charge in [-0.1, -0.05) is 47.4 Å². The summed E-state index contributed by atoms with van der Waals surface area (Å²) in [5, 5.41) is 4.23. The van der Waals surface area contributed by atoms with E-state index in [2.05, 4.69) is 46.1 Å². The van der Waals surface area contributed by atoms with Crippen molar-refractivity contribution in [2.24, 2.45) is 5.92 Å². The van der Waals surface area contributed by atoms with Gasteiger partial charge < -0.3 is 5.32 Å². The number of benzene rings is 1. The standard InChI is InChI=1S/C16H24BrClN2.2ClH/c1-12(2)3-6-16(20-9-7-19-8-10-20)14-5-4-13(18)11-15(14)17;;/h4-5,11-12,16,19H,3,6-10H2,1-2H3;2*1H/t16-;;/m1../s1. The summed E-state index contributed by atoms with van der Waals surface area (Å²) in [6.07, 6.45) is 2.46. The van der Waals surface area contributed by atoms with Crippen molar-refractivity contribution < 1.29 is 0 Å². The van der Waals surface area contributed by atoms with Crippen LogP contribution in [-0.2, 0) is 0 Å². The molecule has 0 amide bonds. The molecule has 1 saturated heterocycles. The minimum absolute atomic E-state index is 0. The Bertz CT molecular complexity index is 437. The topological polar surface area (TPSA) is 15.3 Å². The van der Waals surface area contributed by atoms with Crippen LogP contribution in [0.2, 0.25) is 5.02 Å². The maximum absolute atomic E-state index is 6.08. The molecule has 1 aliphatic rings. The number of rotatable bonds is 5. The van der Waals surface area contributed by atoms with Gasteiger partial charge in [0.25, 0.3) is 0 Å². The van der Waals surface area contributed by atoms with Gasteiger partial charge in [-0.3, -0.25) is 4.90 Å². The van der Waals surface area contributed by atoms with E-state index in [0.29, 0.717) is 6.04 Å². The van der Waals surface area contributed by atoms with Crippen molar-refractivity contribution in [3.05, 3.63) is 33.3 Å². The van der Waals surface area contributed by atoms with Gasteiger partial charge in [-0.05, 0) is 36.5 Å². The number of hydrogen-bond acceptors (Lipinski definition) is 2. The van der Waals surface area contributed by atoms with Gasteiger partial charge in [0.05, 0.1) is 0 Å². The Kier molecular flexibility index (Phi) is 11.4. The zero-order valence-electron chi connectivity index (χ0n) is 13.1. The van der Waals surface area contributed by atoms with Crippen molar-refractivity contribution >= 4 is 52.3 Å². The summed E-state index contributed by atoms with van der Waals surface area (Å²) in [5.41, 5.74) is 1.37. The highest BCUT2D eigenvalue weighted by Gasteiger charge is 2.23. The first-order chi connectivity index (χ1) is 9.58. The number of hydrogen-bond donors (Lipinski definition) is 1. The largest absolute Gasteiger partial charge is 0.314 e. The van der Waals surface area contributed by atoms with Gasteiger partial charge >= 0.3 is 0 Å². The predicted octanol–water partition coefficient (Wildman–Crippen LogP) is 5.33. The molecule has 2 rings (SSSR count). The maximum atomic E-state index is 6.08. The molecule has 0 spiro atoms. The Morgan fingerprint density at radius 1 is 1.18 bits per heavy atom. The second kappa shape index (κ2) is 11.1. The van der Waals surface area contributed by atoms with Crippen LogP contribution < -0.4 is 5.32 Å². The molecular formula is C16H26BrCl3N2. The Labute approximate surface area is 160 Å². The molecular weight excluding hydrogens is 406 g/mol. The summed E-state index contributed by atoms with van der Waals surface area (Å²) in [7, 11) is 0. The van der Waals surface area contributed by atoms with Gasteiger partial charge in [0, 0.05) is 41.7 Å². The smallest absolute Gasteiger partial charge is 0.0417 e. The molecule has 22 heavy (non-hydrogen) atoms. The maximum Gasteiger partial charge on any atom is 0.0417 e. The quantitative estimate of drug-likeness (QED) is 0.677. The first-order valence-electron chi connectivity index (χ1n) is 7.47. The van der Waals surface area contributed by atoms with Crippen LogP contribution in [0.25, 0.3) is 0 Å². The normalized spacial score (nSPS) is 16.8. The summed E-state index contributed by atoms with van der Waals surface area (Å²) in [4.78, 5) is 2.60. The Morgan fingerprint density at radius 3 is 2.36 bits per heavy atom. The van der Waals surface area contributed by atoms with E-state index in [4.69, 9.17) is 11.6 Å². The minimum Gasteiger partial charge on any atom is -0.314 e. The fourth-order valence-electron chi connectivity index (χ4n) is 2.79. The lowest BCUT2D eigenvalue weighted by Gasteiger charge is -2.36. The Balaban J connectivity index is 0.00000220. The molecule has 1 heterocycles. The van der Waals surface area contributed by atoms with E-state index in [-0.39, 0.29) is 24.8 Å². The molecule has 0 aliphatic carbocycles. The second-order valence-corrected chi connectivity index (χ2v) is 7.23. The lowest BCUT2D eigenvalue weighted by atomic mass is 9.96. The van der Waals surface area contributed by atoms with Crippen LogP contribution in [0.1, 0.15) is 38.3 Å². The van der Waals surface area contributed by atoms with Gasteiger partial charge in [0.15, 0.2) is 0 Å². The van der Waals surface area contributed by atoms with E-state index in [1.54, 1.807) is 0 Å². The fourth-order valence-corrected chi connectivity index (χ4v) is 3.74. The highest BCUT2D eigenvalue weighted by molar-refractivity contribution is 9.10. The van der Waals surface area contributed by atoms with Crippen molar-refractivity contribution in [2.75, 3.05) is 26.2 Å². The van der Waals surface area contributed by atoms with E-state index in [1.807, 2.05) is 12.1 Å². The molecule has 1 fully saturated rings. The lowest BCUT2D eigenvalue weighted by Crippen LogP contribution is -2.45. The summed E-state index contributed by atoms with van der Waals surface area (Å²) < 4.78 is 1.14. The third-order valence-corrected chi connectivity index (χ3v) is 4.85. The average molecular weight is 433 g/mol. The number of piperazine rings is 1. The molecule has 1 atom stereocenters. The van der Waals surface area contributed by atoms with Crippen LogP contribution in [0, 0.1) is 5.92 Å². The van der Waals surface area contributed by atoms with Crippen molar-refractivity contribution in [3.8, 4) is 0 Å². The highest BCUT2D eigenvalue weighted by atomic mass is 79.9. The third-order valence-electron chi connectivity index (χ3n) is 3.93. The predicted molar refractivity (Wildman–Crippen MR) is 105 cm³/mol. The molecule has 0 unspecified atom stereocenters. The number of nitrogens with one attached hydrogen (secondary N) is 1. The number of halogens is 4. The molecule has 1 aromatic carbocycles. The average Bonchev–Trinajstić information content (AvgIpc) is 2.42. The SMILES string of the molecule is CC(C)CC[C@H](c1ccc(Cl)cc1Br)N1CCNCC1.Cl.Cl. The second-order valence-electron chi connectivity index (χ2n) is 5.94. The molecule has 0 radical (unpaired) electrons. The van der Waals surface area contributed by atoms with Crippen LogP contribution in [-0.4, -0.2) is 31.1 Å². The molecule has 0 bridgehead atoms. The van der Waals surface area contributed by atoms with E-state index >= 15 is 0 Å². The zero-order valence-corrected chi connectivity index (χ0v) is 17.1. The van der Waals surface area contributed by atoms with E-state index in [0.717, 1.165) is 41.6 Å². The Morgan fingerprint density at radius 2 is 1.82 bits per heavy atom. The summed E-state index contributed by atoms with van der Waals surface area (Å²) in [6, 6.07) is 6.69.